The summed E-state index contributed by atoms with van der Waals surface area (Å²) in [6.45, 7) is 8.06. The van der Waals surface area contributed by atoms with Gasteiger partial charge in [-0.2, -0.15) is 0 Å². The number of aromatic nitrogens is 1. The van der Waals surface area contributed by atoms with E-state index in [1.807, 2.05) is 45.9 Å². The number of carbonyl (C=O) groups excluding carboxylic acids is 2. The molecule has 5 nitrogen and oxygen atoms in total. The van der Waals surface area contributed by atoms with Gasteiger partial charge < -0.3 is 10.1 Å². The van der Waals surface area contributed by atoms with Crippen LogP contribution in [0.2, 0.25) is 0 Å². The third-order valence-electron chi connectivity index (χ3n) is 3.35. The molecule has 1 aromatic heterocycles. The van der Waals surface area contributed by atoms with Crippen LogP contribution in [0.3, 0.4) is 0 Å². The Labute approximate surface area is 136 Å². The molecule has 5 heteroatoms. The van der Waals surface area contributed by atoms with Crippen molar-refractivity contribution in [3.05, 3.63) is 41.1 Å². The van der Waals surface area contributed by atoms with Crippen molar-refractivity contribution in [1.29, 1.82) is 0 Å². The second kappa shape index (κ2) is 7.22. The van der Waals surface area contributed by atoms with Gasteiger partial charge in [0, 0.05) is 17.6 Å². The largest absolute Gasteiger partial charge is 0.452 e. The molecule has 0 spiro atoms. The summed E-state index contributed by atoms with van der Waals surface area (Å²) in [5.41, 5.74) is 2.95. The summed E-state index contributed by atoms with van der Waals surface area (Å²) < 4.78 is 5.15. The van der Waals surface area contributed by atoms with Crippen LogP contribution in [-0.2, 0) is 9.53 Å². The third kappa shape index (κ3) is 4.52. The van der Waals surface area contributed by atoms with Crippen molar-refractivity contribution in [2.75, 3.05) is 13.2 Å². The summed E-state index contributed by atoms with van der Waals surface area (Å²) in [6, 6.07) is 7.42. The van der Waals surface area contributed by atoms with Gasteiger partial charge in [-0.25, -0.2) is 4.79 Å². The molecule has 1 aromatic carbocycles. The number of fused-ring (bicyclic) bond motifs is 1. The summed E-state index contributed by atoms with van der Waals surface area (Å²) in [5, 5.41) is 3.46. The van der Waals surface area contributed by atoms with Gasteiger partial charge in [0.25, 0.3) is 5.91 Å². The normalized spacial score (nSPS) is 10.8. The highest BCUT2D eigenvalue weighted by atomic mass is 16.5. The van der Waals surface area contributed by atoms with Crippen LogP contribution < -0.4 is 5.32 Å². The van der Waals surface area contributed by atoms with Crippen molar-refractivity contribution in [2.45, 2.75) is 27.7 Å². The molecule has 1 amide bonds. The van der Waals surface area contributed by atoms with E-state index in [0.29, 0.717) is 18.0 Å². The Kier molecular flexibility index (Phi) is 5.32. The van der Waals surface area contributed by atoms with Crippen LogP contribution >= 0.6 is 0 Å². The van der Waals surface area contributed by atoms with E-state index in [9.17, 15) is 9.59 Å². The van der Waals surface area contributed by atoms with Gasteiger partial charge in [0.1, 0.15) is 0 Å². The maximum absolute atomic E-state index is 12.3. The number of carbonyl (C=O) groups is 2. The SMILES string of the molecule is Cc1ccc2nc(C)cc(C(=O)OCC(=O)NCC(C)C)c2c1. The lowest BCUT2D eigenvalue weighted by Crippen LogP contribution is -2.31. The minimum atomic E-state index is -0.509. The molecule has 0 radical (unpaired) electrons. The van der Waals surface area contributed by atoms with E-state index >= 15 is 0 Å². The number of nitrogens with one attached hydrogen (secondary N) is 1. The van der Waals surface area contributed by atoms with Crippen molar-refractivity contribution >= 4 is 22.8 Å². The van der Waals surface area contributed by atoms with Gasteiger partial charge in [0.05, 0.1) is 11.1 Å². The first kappa shape index (κ1) is 16.9. The van der Waals surface area contributed by atoms with Crippen molar-refractivity contribution < 1.29 is 14.3 Å². The first-order valence-electron chi connectivity index (χ1n) is 7.68. The number of hydrogen-bond acceptors (Lipinski definition) is 4. The first-order valence-corrected chi connectivity index (χ1v) is 7.68. The highest BCUT2D eigenvalue weighted by molar-refractivity contribution is 6.04. The molecule has 0 saturated carbocycles. The molecular weight excluding hydrogens is 292 g/mol. The number of benzene rings is 1. The highest BCUT2D eigenvalue weighted by Gasteiger charge is 2.15. The zero-order chi connectivity index (χ0) is 17.0. The minimum Gasteiger partial charge on any atom is -0.452 e. The molecule has 122 valence electrons. The Morgan fingerprint density at radius 3 is 2.65 bits per heavy atom. The lowest BCUT2D eigenvalue weighted by atomic mass is 10.1. The smallest absolute Gasteiger partial charge is 0.339 e. The standard InChI is InChI=1S/C18H22N2O3/c1-11(2)9-19-17(21)10-23-18(22)15-8-13(4)20-16-6-5-12(3)7-14(15)16/h5-8,11H,9-10H2,1-4H3,(H,19,21). The monoisotopic (exact) mass is 314 g/mol. The summed E-state index contributed by atoms with van der Waals surface area (Å²) in [7, 11) is 0. The molecule has 0 unspecified atom stereocenters. The van der Waals surface area contributed by atoms with Crippen molar-refractivity contribution in [3.8, 4) is 0 Å². The molecule has 0 atom stereocenters. The molecule has 1 heterocycles. The molecule has 0 aliphatic carbocycles. The fourth-order valence-corrected chi connectivity index (χ4v) is 2.22. The van der Waals surface area contributed by atoms with Gasteiger partial charge in [-0.15, -0.1) is 0 Å². The molecule has 0 fully saturated rings. The van der Waals surface area contributed by atoms with Crippen LogP contribution in [0, 0.1) is 19.8 Å². The number of nitrogens with zero attached hydrogens (tertiary/aromatic N) is 1. The Morgan fingerprint density at radius 2 is 1.96 bits per heavy atom. The van der Waals surface area contributed by atoms with Crippen LogP contribution in [0.1, 0.15) is 35.5 Å². The van der Waals surface area contributed by atoms with Gasteiger partial charge in [0.2, 0.25) is 0 Å². The summed E-state index contributed by atoms with van der Waals surface area (Å²) >= 11 is 0. The van der Waals surface area contributed by atoms with E-state index in [1.54, 1.807) is 6.07 Å². The van der Waals surface area contributed by atoms with Crippen molar-refractivity contribution in [2.24, 2.45) is 5.92 Å². The lowest BCUT2D eigenvalue weighted by molar-refractivity contribution is -0.124. The summed E-state index contributed by atoms with van der Waals surface area (Å²) in [6.07, 6.45) is 0. The number of rotatable bonds is 5. The topological polar surface area (TPSA) is 68.3 Å². The fraction of sp³-hybridized carbons (Fsp3) is 0.389. The van der Waals surface area contributed by atoms with Crippen LogP contribution in [0.4, 0.5) is 0 Å². The Balaban J connectivity index is 2.14. The average molecular weight is 314 g/mol. The van der Waals surface area contributed by atoms with Gasteiger partial charge >= 0.3 is 5.97 Å². The van der Waals surface area contributed by atoms with Crippen molar-refractivity contribution in [3.63, 3.8) is 0 Å². The van der Waals surface area contributed by atoms with Gasteiger partial charge in [-0.3, -0.25) is 9.78 Å². The number of aryl methyl sites for hydroxylation is 2. The molecule has 0 aliphatic rings. The van der Waals surface area contributed by atoms with Gasteiger partial charge in [-0.1, -0.05) is 25.5 Å². The molecular formula is C18H22N2O3. The summed E-state index contributed by atoms with van der Waals surface area (Å²) in [5.74, 6) is -0.450. The molecule has 2 aromatic rings. The zero-order valence-corrected chi connectivity index (χ0v) is 14.0. The van der Waals surface area contributed by atoms with E-state index in [0.717, 1.165) is 22.2 Å². The Hall–Kier alpha value is -2.43. The molecule has 0 aliphatic heterocycles. The van der Waals surface area contributed by atoms with Crippen LogP contribution in [0.5, 0.6) is 0 Å². The second-order valence-corrected chi connectivity index (χ2v) is 6.11. The van der Waals surface area contributed by atoms with E-state index in [2.05, 4.69) is 10.3 Å². The summed E-state index contributed by atoms with van der Waals surface area (Å²) in [4.78, 5) is 28.4. The molecule has 0 saturated heterocycles. The molecule has 2 rings (SSSR count). The average Bonchev–Trinajstić information content (AvgIpc) is 2.50. The quantitative estimate of drug-likeness (QED) is 0.862. The van der Waals surface area contributed by atoms with Crippen molar-refractivity contribution in [1.82, 2.24) is 10.3 Å². The van der Waals surface area contributed by atoms with Gasteiger partial charge in [0.15, 0.2) is 6.61 Å². The van der Waals surface area contributed by atoms with E-state index < -0.39 is 5.97 Å². The van der Waals surface area contributed by atoms with E-state index in [1.165, 1.54) is 0 Å². The van der Waals surface area contributed by atoms with Gasteiger partial charge in [-0.05, 0) is 38.0 Å². The first-order chi connectivity index (χ1) is 10.9. The van der Waals surface area contributed by atoms with Crippen LogP contribution in [0.15, 0.2) is 24.3 Å². The molecule has 23 heavy (non-hydrogen) atoms. The highest BCUT2D eigenvalue weighted by Crippen LogP contribution is 2.20. The lowest BCUT2D eigenvalue weighted by Gasteiger charge is -2.10. The number of pyridine rings is 1. The Morgan fingerprint density at radius 1 is 1.22 bits per heavy atom. The zero-order valence-electron chi connectivity index (χ0n) is 14.0. The maximum Gasteiger partial charge on any atom is 0.339 e. The van der Waals surface area contributed by atoms with E-state index in [4.69, 9.17) is 4.74 Å². The third-order valence-corrected chi connectivity index (χ3v) is 3.35. The maximum atomic E-state index is 12.3. The fourth-order valence-electron chi connectivity index (χ4n) is 2.22. The van der Waals surface area contributed by atoms with Crippen LogP contribution in [-0.4, -0.2) is 30.0 Å². The minimum absolute atomic E-state index is 0.278. The predicted molar refractivity (Wildman–Crippen MR) is 89.3 cm³/mol. The number of amides is 1. The van der Waals surface area contributed by atoms with Crippen LogP contribution in [0.25, 0.3) is 10.9 Å². The number of esters is 1. The number of ether oxygens (including phenoxy) is 1. The van der Waals surface area contributed by atoms with E-state index in [-0.39, 0.29) is 12.5 Å². The second-order valence-electron chi connectivity index (χ2n) is 6.11. The Bertz CT molecular complexity index is 738. The number of hydrogen-bond donors (Lipinski definition) is 1. The molecule has 1 N–H and O–H groups in total. The molecule has 0 bridgehead atoms. The predicted octanol–water partition coefficient (Wildman–Crippen LogP) is 2.78.